The highest BCUT2D eigenvalue weighted by atomic mass is 16.5. The molecule has 130 valence electrons. The van der Waals surface area contributed by atoms with Crippen molar-refractivity contribution in [3.05, 3.63) is 35.9 Å². The Bertz CT molecular complexity index is 597. The van der Waals surface area contributed by atoms with E-state index in [-0.39, 0.29) is 6.03 Å². The average molecular weight is 331 g/mol. The van der Waals surface area contributed by atoms with Crippen LogP contribution in [0.3, 0.4) is 0 Å². The maximum Gasteiger partial charge on any atom is 0.318 e. The van der Waals surface area contributed by atoms with Crippen molar-refractivity contribution in [1.29, 1.82) is 0 Å². The summed E-state index contributed by atoms with van der Waals surface area (Å²) < 4.78 is 10.6. The van der Waals surface area contributed by atoms with Gasteiger partial charge >= 0.3 is 6.03 Å². The number of hydrogen-bond acceptors (Lipinski definition) is 4. The molecular formula is C18H25N3O3. The van der Waals surface area contributed by atoms with Crippen LogP contribution in [-0.4, -0.2) is 75.4 Å². The van der Waals surface area contributed by atoms with Gasteiger partial charge in [-0.3, -0.25) is 4.90 Å². The van der Waals surface area contributed by atoms with Crippen LogP contribution in [0.1, 0.15) is 5.56 Å². The van der Waals surface area contributed by atoms with E-state index in [1.54, 1.807) is 7.11 Å². The quantitative estimate of drug-likeness (QED) is 0.887. The number of ether oxygens (including phenoxy) is 2. The van der Waals surface area contributed by atoms with Crippen molar-refractivity contribution in [1.82, 2.24) is 15.1 Å². The number of rotatable bonds is 5. The van der Waals surface area contributed by atoms with E-state index in [0.29, 0.717) is 19.6 Å². The van der Waals surface area contributed by atoms with Crippen molar-refractivity contribution in [2.24, 2.45) is 0 Å². The van der Waals surface area contributed by atoms with Gasteiger partial charge in [-0.25, -0.2) is 4.79 Å². The molecular weight excluding hydrogens is 306 g/mol. The molecule has 0 unspecified atom stereocenters. The van der Waals surface area contributed by atoms with Crippen molar-refractivity contribution in [3.63, 3.8) is 0 Å². The number of hydrogen-bond donors (Lipinski definition) is 1. The minimum atomic E-state index is -0.00240. The van der Waals surface area contributed by atoms with Crippen molar-refractivity contribution >= 4 is 11.6 Å². The number of nitrogens with one attached hydrogen (secondary N) is 1. The number of urea groups is 1. The third-order valence-corrected chi connectivity index (χ3v) is 4.45. The summed E-state index contributed by atoms with van der Waals surface area (Å²) in [7, 11) is 1.66. The number of methoxy groups -OCH3 is 1. The highest BCUT2D eigenvalue weighted by molar-refractivity contribution is 5.80. The predicted molar refractivity (Wildman–Crippen MR) is 93.2 cm³/mol. The van der Waals surface area contributed by atoms with Crippen LogP contribution in [0.25, 0.3) is 5.57 Å². The average Bonchev–Trinajstić information content (AvgIpc) is 3.13. The lowest BCUT2D eigenvalue weighted by Gasteiger charge is -2.27. The van der Waals surface area contributed by atoms with Crippen LogP contribution >= 0.6 is 0 Å². The molecule has 1 N–H and O–H groups in total. The number of amides is 2. The molecule has 2 aliphatic rings. The van der Waals surface area contributed by atoms with Gasteiger partial charge in [0, 0.05) is 39.3 Å². The lowest BCUT2D eigenvalue weighted by Crippen LogP contribution is -2.44. The molecule has 0 aromatic heterocycles. The van der Waals surface area contributed by atoms with Gasteiger partial charge in [-0.1, -0.05) is 18.2 Å². The third-order valence-electron chi connectivity index (χ3n) is 4.45. The largest absolute Gasteiger partial charge is 0.497 e. The van der Waals surface area contributed by atoms with Crippen LogP contribution in [-0.2, 0) is 4.74 Å². The fourth-order valence-corrected chi connectivity index (χ4v) is 3.00. The summed E-state index contributed by atoms with van der Waals surface area (Å²) in [5, 5.41) is 3.01. The molecule has 0 saturated carbocycles. The van der Waals surface area contributed by atoms with Crippen LogP contribution in [0.5, 0.6) is 5.75 Å². The van der Waals surface area contributed by atoms with Crippen molar-refractivity contribution < 1.29 is 14.3 Å². The van der Waals surface area contributed by atoms with Crippen molar-refractivity contribution in [3.8, 4) is 5.75 Å². The molecule has 0 radical (unpaired) electrons. The zero-order valence-electron chi connectivity index (χ0n) is 14.2. The first-order valence-corrected chi connectivity index (χ1v) is 8.42. The van der Waals surface area contributed by atoms with E-state index in [2.05, 4.69) is 16.3 Å². The van der Waals surface area contributed by atoms with Gasteiger partial charge in [-0.15, -0.1) is 0 Å². The highest BCUT2D eigenvalue weighted by Crippen LogP contribution is 2.24. The summed E-state index contributed by atoms with van der Waals surface area (Å²) in [5.41, 5.74) is 2.27. The van der Waals surface area contributed by atoms with Gasteiger partial charge in [0.2, 0.25) is 0 Å². The van der Waals surface area contributed by atoms with Gasteiger partial charge in [-0.2, -0.15) is 0 Å². The molecule has 6 nitrogen and oxygen atoms in total. The number of nitrogens with zero attached hydrogens (tertiary/aromatic N) is 2. The topological polar surface area (TPSA) is 54.0 Å². The predicted octanol–water partition coefficient (Wildman–Crippen LogP) is 1.44. The minimum absolute atomic E-state index is 0.00240. The third kappa shape index (κ3) is 4.27. The Morgan fingerprint density at radius 1 is 1.33 bits per heavy atom. The number of morpholine rings is 1. The Balaban J connectivity index is 1.44. The van der Waals surface area contributed by atoms with Gasteiger partial charge in [0.15, 0.2) is 0 Å². The van der Waals surface area contributed by atoms with Gasteiger partial charge in [-0.05, 0) is 23.3 Å². The van der Waals surface area contributed by atoms with Crippen molar-refractivity contribution in [2.45, 2.75) is 0 Å². The van der Waals surface area contributed by atoms with E-state index in [1.807, 2.05) is 29.2 Å². The Morgan fingerprint density at radius 3 is 2.96 bits per heavy atom. The molecule has 0 spiro atoms. The molecule has 2 aliphatic heterocycles. The lowest BCUT2D eigenvalue weighted by molar-refractivity contribution is 0.0386. The Labute approximate surface area is 143 Å². The zero-order chi connectivity index (χ0) is 16.8. The summed E-state index contributed by atoms with van der Waals surface area (Å²) in [4.78, 5) is 16.4. The Kier molecular flexibility index (Phi) is 5.72. The monoisotopic (exact) mass is 331 g/mol. The Morgan fingerprint density at radius 2 is 2.17 bits per heavy atom. The molecule has 0 aliphatic carbocycles. The maximum absolute atomic E-state index is 12.3. The summed E-state index contributed by atoms with van der Waals surface area (Å²) >= 11 is 0. The van der Waals surface area contributed by atoms with E-state index in [9.17, 15) is 4.79 Å². The molecule has 3 rings (SSSR count). The molecule has 6 heteroatoms. The molecule has 1 aromatic rings. The molecule has 0 atom stereocenters. The van der Waals surface area contributed by atoms with E-state index >= 15 is 0 Å². The van der Waals surface area contributed by atoms with E-state index in [4.69, 9.17) is 9.47 Å². The summed E-state index contributed by atoms with van der Waals surface area (Å²) in [5.74, 6) is 0.835. The van der Waals surface area contributed by atoms with Gasteiger partial charge in [0.05, 0.1) is 20.3 Å². The summed E-state index contributed by atoms with van der Waals surface area (Å²) in [6, 6.07) is 7.95. The standard InChI is InChI=1S/C18H25N3O3/c1-23-17-4-2-3-15(13-17)16-5-7-21(14-16)18(22)19-6-8-20-9-11-24-12-10-20/h2-5,13H,6-12,14H2,1H3,(H,19,22). The maximum atomic E-state index is 12.3. The van der Waals surface area contributed by atoms with Gasteiger partial charge in [0.1, 0.15) is 5.75 Å². The Hall–Kier alpha value is -2.05. The van der Waals surface area contributed by atoms with Crippen LogP contribution in [0, 0.1) is 0 Å². The summed E-state index contributed by atoms with van der Waals surface area (Å²) in [6.07, 6.45) is 2.11. The minimum Gasteiger partial charge on any atom is -0.497 e. The van der Waals surface area contributed by atoms with Gasteiger partial charge in [0.25, 0.3) is 0 Å². The molecule has 2 heterocycles. The first kappa shape index (κ1) is 16.8. The number of benzene rings is 1. The molecule has 1 saturated heterocycles. The summed E-state index contributed by atoms with van der Waals surface area (Å²) in [6.45, 7) is 6.29. The molecule has 1 fully saturated rings. The zero-order valence-corrected chi connectivity index (χ0v) is 14.2. The highest BCUT2D eigenvalue weighted by Gasteiger charge is 2.20. The van der Waals surface area contributed by atoms with Crippen LogP contribution < -0.4 is 10.1 Å². The second-order valence-corrected chi connectivity index (χ2v) is 6.03. The van der Waals surface area contributed by atoms with Crippen LogP contribution in [0.4, 0.5) is 4.79 Å². The smallest absolute Gasteiger partial charge is 0.318 e. The molecule has 1 aromatic carbocycles. The van der Waals surface area contributed by atoms with Crippen molar-refractivity contribution in [2.75, 3.05) is 59.6 Å². The SMILES string of the molecule is COc1cccc(C2=CCN(C(=O)NCCN3CCOCC3)C2)c1. The van der Waals surface area contributed by atoms with E-state index < -0.39 is 0 Å². The molecule has 2 amide bonds. The number of carbonyl (C=O) groups is 1. The lowest BCUT2D eigenvalue weighted by atomic mass is 10.1. The first-order chi connectivity index (χ1) is 11.8. The fourth-order valence-electron chi connectivity index (χ4n) is 3.00. The number of carbonyl (C=O) groups excluding carboxylic acids is 1. The van der Waals surface area contributed by atoms with Crippen LogP contribution in [0.15, 0.2) is 30.3 Å². The fraction of sp³-hybridized carbons (Fsp3) is 0.500. The van der Waals surface area contributed by atoms with E-state index in [1.165, 1.54) is 0 Å². The first-order valence-electron chi connectivity index (χ1n) is 8.42. The molecule has 0 bridgehead atoms. The normalized spacial score (nSPS) is 18.4. The van der Waals surface area contributed by atoms with E-state index in [0.717, 1.165) is 49.7 Å². The second-order valence-electron chi connectivity index (χ2n) is 6.03. The second kappa shape index (κ2) is 8.17. The van der Waals surface area contributed by atoms with Crippen LogP contribution in [0.2, 0.25) is 0 Å². The molecule has 24 heavy (non-hydrogen) atoms. The van der Waals surface area contributed by atoms with Gasteiger partial charge < -0.3 is 19.7 Å².